The third kappa shape index (κ3) is 3.39. The van der Waals surface area contributed by atoms with E-state index in [1.165, 1.54) is 13.3 Å². The van der Waals surface area contributed by atoms with Crippen molar-refractivity contribution in [1.29, 1.82) is 0 Å². The number of carbonyl (C=O) groups is 1. The predicted molar refractivity (Wildman–Crippen MR) is 84.5 cm³/mol. The maximum atomic E-state index is 12.5. The van der Waals surface area contributed by atoms with E-state index in [9.17, 15) is 4.79 Å². The van der Waals surface area contributed by atoms with Crippen LogP contribution in [0.4, 0.5) is 5.82 Å². The molecule has 0 radical (unpaired) electrons. The monoisotopic (exact) mass is 336 g/mol. The molecule has 1 saturated heterocycles. The number of methoxy groups -OCH3 is 1. The number of hydrogen-bond acceptors (Lipinski definition) is 6. The van der Waals surface area contributed by atoms with E-state index >= 15 is 0 Å². The van der Waals surface area contributed by atoms with Gasteiger partial charge in [-0.1, -0.05) is 11.6 Å². The first-order valence-electron chi connectivity index (χ1n) is 7.32. The number of carbonyl (C=O) groups excluding carboxylic acids is 1. The lowest BCUT2D eigenvalue weighted by Gasteiger charge is -2.25. The van der Waals surface area contributed by atoms with E-state index in [0.717, 1.165) is 12.8 Å². The Hall–Kier alpha value is -2.28. The number of ether oxygens (including phenoxy) is 1. The Morgan fingerprint density at radius 1 is 1.61 bits per heavy atom. The summed E-state index contributed by atoms with van der Waals surface area (Å²) in [5.41, 5.74) is 0. The van der Waals surface area contributed by atoms with Crippen molar-refractivity contribution in [3.8, 4) is 6.01 Å². The van der Waals surface area contributed by atoms with Crippen LogP contribution in [0.2, 0.25) is 5.02 Å². The minimum absolute atomic E-state index is 0.0763. The molecule has 1 aliphatic heterocycles. The fourth-order valence-electron chi connectivity index (χ4n) is 2.64. The van der Waals surface area contributed by atoms with Crippen molar-refractivity contribution in [3.63, 3.8) is 0 Å². The van der Waals surface area contributed by atoms with Crippen molar-refractivity contribution in [2.75, 3.05) is 18.6 Å². The van der Waals surface area contributed by atoms with Gasteiger partial charge in [0.25, 0.3) is 0 Å². The molecule has 0 aromatic carbocycles. The third-order valence-corrected chi connectivity index (χ3v) is 4.00. The van der Waals surface area contributed by atoms with Crippen LogP contribution in [0.5, 0.6) is 6.01 Å². The summed E-state index contributed by atoms with van der Waals surface area (Å²) in [5.74, 6) is 1.16. The molecule has 0 aliphatic carbocycles. The molecule has 2 aromatic rings. The molecular weight excluding hydrogens is 320 g/mol. The SMILES string of the molecule is COc1ncc(Cl)c(N2CCCC2C(=O)NCc2ccco2)n1. The Balaban J connectivity index is 1.73. The second-order valence-corrected chi connectivity index (χ2v) is 5.58. The van der Waals surface area contributed by atoms with Crippen LogP contribution in [0.1, 0.15) is 18.6 Å². The summed E-state index contributed by atoms with van der Waals surface area (Å²) in [5, 5.41) is 3.28. The molecule has 0 bridgehead atoms. The number of aromatic nitrogens is 2. The summed E-state index contributed by atoms with van der Waals surface area (Å²) >= 11 is 6.19. The topological polar surface area (TPSA) is 80.5 Å². The fraction of sp³-hybridized carbons (Fsp3) is 0.400. The van der Waals surface area contributed by atoms with Crippen molar-refractivity contribution in [3.05, 3.63) is 35.4 Å². The summed E-state index contributed by atoms with van der Waals surface area (Å²) in [6.07, 6.45) is 4.70. The smallest absolute Gasteiger partial charge is 0.318 e. The van der Waals surface area contributed by atoms with E-state index in [-0.39, 0.29) is 18.0 Å². The Morgan fingerprint density at radius 3 is 3.22 bits per heavy atom. The molecule has 23 heavy (non-hydrogen) atoms. The third-order valence-electron chi connectivity index (χ3n) is 3.73. The number of nitrogens with zero attached hydrogens (tertiary/aromatic N) is 3. The second-order valence-electron chi connectivity index (χ2n) is 5.18. The van der Waals surface area contributed by atoms with Gasteiger partial charge in [0, 0.05) is 6.54 Å². The number of nitrogens with one attached hydrogen (secondary N) is 1. The molecule has 0 saturated carbocycles. The Labute approximate surface area is 138 Å². The number of halogens is 1. The zero-order valence-electron chi connectivity index (χ0n) is 12.7. The molecule has 0 spiro atoms. The maximum Gasteiger partial charge on any atom is 0.318 e. The lowest BCUT2D eigenvalue weighted by atomic mass is 10.2. The molecule has 8 heteroatoms. The van der Waals surface area contributed by atoms with Gasteiger partial charge in [-0.05, 0) is 25.0 Å². The first kappa shape index (κ1) is 15.6. The predicted octanol–water partition coefficient (Wildman–Crippen LogP) is 2.02. The Morgan fingerprint density at radius 2 is 2.48 bits per heavy atom. The molecule has 3 rings (SSSR count). The largest absolute Gasteiger partial charge is 0.467 e. The average molecular weight is 337 g/mol. The van der Waals surface area contributed by atoms with Crippen LogP contribution in [0.25, 0.3) is 0 Å². The zero-order valence-corrected chi connectivity index (χ0v) is 13.4. The highest BCUT2D eigenvalue weighted by atomic mass is 35.5. The van der Waals surface area contributed by atoms with E-state index < -0.39 is 0 Å². The molecule has 1 N–H and O–H groups in total. The van der Waals surface area contributed by atoms with Crippen LogP contribution < -0.4 is 15.0 Å². The normalized spacial score (nSPS) is 17.3. The van der Waals surface area contributed by atoms with Crippen LogP contribution in [-0.4, -0.2) is 35.6 Å². The van der Waals surface area contributed by atoms with Crippen LogP contribution in [0, 0.1) is 0 Å². The van der Waals surface area contributed by atoms with Crippen molar-refractivity contribution in [1.82, 2.24) is 15.3 Å². The zero-order chi connectivity index (χ0) is 16.2. The molecule has 1 fully saturated rings. The van der Waals surface area contributed by atoms with Gasteiger partial charge in [-0.2, -0.15) is 4.98 Å². The molecule has 2 aromatic heterocycles. The molecule has 1 unspecified atom stereocenters. The van der Waals surface area contributed by atoms with Crippen LogP contribution in [0.15, 0.2) is 29.0 Å². The fourth-order valence-corrected chi connectivity index (χ4v) is 2.84. The van der Waals surface area contributed by atoms with E-state index in [0.29, 0.717) is 29.7 Å². The van der Waals surface area contributed by atoms with Gasteiger partial charge in [0.15, 0.2) is 5.82 Å². The van der Waals surface area contributed by atoms with E-state index in [1.807, 2.05) is 11.0 Å². The van der Waals surface area contributed by atoms with Crippen LogP contribution >= 0.6 is 11.6 Å². The second kappa shape index (κ2) is 6.87. The average Bonchev–Trinajstić information content (AvgIpc) is 3.24. The quantitative estimate of drug-likeness (QED) is 0.899. The highest BCUT2D eigenvalue weighted by Gasteiger charge is 2.33. The molecule has 122 valence electrons. The highest BCUT2D eigenvalue weighted by molar-refractivity contribution is 6.32. The number of amides is 1. The van der Waals surface area contributed by atoms with Gasteiger partial charge in [0.2, 0.25) is 5.91 Å². The van der Waals surface area contributed by atoms with Crippen molar-refractivity contribution < 1.29 is 13.9 Å². The maximum absolute atomic E-state index is 12.5. The first-order valence-corrected chi connectivity index (χ1v) is 7.70. The summed E-state index contributed by atoms with van der Waals surface area (Å²) in [6.45, 7) is 1.07. The summed E-state index contributed by atoms with van der Waals surface area (Å²) in [6, 6.07) is 3.52. The van der Waals surface area contributed by atoms with Crippen LogP contribution in [-0.2, 0) is 11.3 Å². The van der Waals surface area contributed by atoms with Gasteiger partial charge in [-0.3, -0.25) is 4.79 Å². The lowest BCUT2D eigenvalue weighted by molar-refractivity contribution is -0.122. The summed E-state index contributed by atoms with van der Waals surface area (Å²) < 4.78 is 10.3. The summed E-state index contributed by atoms with van der Waals surface area (Å²) in [7, 11) is 1.49. The van der Waals surface area contributed by atoms with Gasteiger partial charge < -0.3 is 19.4 Å². The van der Waals surface area contributed by atoms with E-state index in [1.54, 1.807) is 12.3 Å². The minimum Gasteiger partial charge on any atom is -0.467 e. The lowest BCUT2D eigenvalue weighted by Crippen LogP contribution is -2.43. The summed E-state index contributed by atoms with van der Waals surface area (Å²) in [4.78, 5) is 22.6. The number of rotatable bonds is 5. The van der Waals surface area contributed by atoms with Gasteiger partial charge in [-0.25, -0.2) is 4.98 Å². The van der Waals surface area contributed by atoms with Crippen molar-refractivity contribution in [2.45, 2.75) is 25.4 Å². The van der Waals surface area contributed by atoms with Gasteiger partial charge in [0.1, 0.15) is 16.8 Å². The van der Waals surface area contributed by atoms with Crippen molar-refractivity contribution in [2.24, 2.45) is 0 Å². The standard InChI is InChI=1S/C15H17ClN4O3/c1-22-15-18-9-11(16)13(19-15)20-6-2-5-12(20)14(21)17-8-10-4-3-7-23-10/h3-4,7,9,12H,2,5-6,8H2,1H3,(H,17,21). The highest BCUT2D eigenvalue weighted by Crippen LogP contribution is 2.30. The molecule has 3 heterocycles. The molecular formula is C15H17ClN4O3. The number of furan rings is 1. The molecule has 1 amide bonds. The van der Waals surface area contributed by atoms with E-state index in [2.05, 4.69) is 15.3 Å². The van der Waals surface area contributed by atoms with Gasteiger partial charge in [0.05, 0.1) is 26.1 Å². The Kier molecular flexibility index (Phi) is 4.66. The molecule has 7 nitrogen and oxygen atoms in total. The number of anilines is 1. The minimum atomic E-state index is -0.318. The number of hydrogen-bond donors (Lipinski definition) is 1. The van der Waals surface area contributed by atoms with Crippen LogP contribution in [0.3, 0.4) is 0 Å². The van der Waals surface area contributed by atoms with Crippen molar-refractivity contribution >= 4 is 23.3 Å². The molecule has 1 aliphatic rings. The van der Waals surface area contributed by atoms with Gasteiger partial charge >= 0.3 is 6.01 Å². The van der Waals surface area contributed by atoms with E-state index in [4.69, 9.17) is 20.8 Å². The molecule has 1 atom stereocenters. The van der Waals surface area contributed by atoms with Gasteiger partial charge in [-0.15, -0.1) is 0 Å². The Bertz CT molecular complexity index is 677. The first-order chi connectivity index (χ1) is 11.2.